The first-order valence-electron chi connectivity index (χ1n) is 11.4. The van der Waals surface area contributed by atoms with E-state index in [4.69, 9.17) is 27.9 Å². The fraction of sp³-hybridized carbons (Fsp3) is 0.250. The molecule has 13 heteroatoms. The molecule has 2 N–H and O–H groups in total. The standard InChI is InChI=1S/C24H22Cl2FN5O3S2/c25-17-3-4-21(15(8-17)2-1-6-32-7-5-20-16(12-32)11-29-30-20)35-22-10-19(27)23(9-18(22)26)37(33,34)31-24-13-36-14-28-24/h3-4,8-11,13-14,31H,1-2,5-7,12H2,(H,29,30). The average Bonchev–Trinajstić information content (AvgIpc) is 3.54. The maximum atomic E-state index is 14.9. The molecule has 0 saturated heterocycles. The Kier molecular flexibility index (Phi) is 7.68. The summed E-state index contributed by atoms with van der Waals surface area (Å²) in [5.74, 6) is -0.431. The monoisotopic (exact) mass is 581 g/mol. The number of thiazole rings is 1. The van der Waals surface area contributed by atoms with Crippen LogP contribution in [0.2, 0.25) is 10.0 Å². The second-order valence-corrected chi connectivity index (χ2v) is 11.8. The topological polar surface area (TPSA) is 100 Å². The number of anilines is 1. The predicted octanol–water partition coefficient (Wildman–Crippen LogP) is 5.90. The van der Waals surface area contributed by atoms with E-state index in [1.165, 1.54) is 33.5 Å². The van der Waals surface area contributed by atoms with Crippen molar-refractivity contribution < 1.29 is 17.5 Å². The number of sulfonamides is 1. The minimum Gasteiger partial charge on any atom is -0.455 e. The number of aromatic amines is 1. The number of fused-ring (bicyclic) bond motifs is 1. The highest BCUT2D eigenvalue weighted by atomic mass is 35.5. The van der Waals surface area contributed by atoms with Gasteiger partial charge in [0.1, 0.15) is 22.2 Å². The number of H-pyrrole nitrogens is 1. The lowest BCUT2D eigenvalue weighted by Crippen LogP contribution is -2.31. The number of benzene rings is 2. The molecule has 4 aromatic rings. The zero-order chi connectivity index (χ0) is 26.0. The van der Waals surface area contributed by atoms with Crippen LogP contribution in [0.15, 0.2) is 52.3 Å². The summed E-state index contributed by atoms with van der Waals surface area (Å²) in [6.45, 7) is 2.69. The van der Waals surface area contributed by atoms with Crippen LogP contribution in [0.4, 0.5) is 10.2 Å². The predicted molar refractivity (Wildman–Crippen MR) is 142 cm³/mol. The quantitative estimate of drug-likeness (QED) is 0.255. The molecule has 0 spiro atoms. The van der Waals surface area contributed by atoms with Crippen molar-refractivity contribution in [3.8, 4) is 11.5 Å². The van der Waals surface area contributed by atoms with Gasteiger partial charge in [0.05, 0.1) is 16.7 Å². The lowest BCUT2D eigenvalue weighted by atomic mass is 10.1. The number of rotatable bonds is 9. The number of aryl methyl sites for hydroxylation is 1. The van der Waals surface area contributed by atoms with Crippen LogP contribution in [0, 0.1) is 5.82 Å². The smallest absolute Gasteiger partial charge is 0.266 e. The largest absolute Gasteiger partial charge is 0.455 e. The summed E-state index contributed by atoms with van der Waals surface area (Å²) in [6.07, 6.45) is 4.34. The van der Waals surface area contributed by atoms with Crippen molar-refractivity contribution in [1.82, 2.24) is 20.1 Å². The van der Waals surface area contributed by atoms with Crippen molar-refractivity contribution in [2.24, 2.45) is 0 Å². The highest BCUT2D eigenvalue weighted by Gasteiger charge is 2.23. The molecule has 194 valence electrons. The summed E-state index contributed by atoms with van der Waals surface area (Å²) < 4.78 is 48.3. The summed E-state index contributed by atoms with van der Waals surface area (Å²) in [5, 5.41) is 9.16. The molecule has 3 heterocycles. The highest BCUT2D eigenvalue weighted by Crippen LogP contribution is 2.36. The van der Waals surface area contributed by atoms with Crippen LogP contribution in [0.1, 0.15) is 23.2 Å². The van der Waals surface area contributed by atoms with Crippen molar-refractivity contribution in [3.05, 3.63) is 80.1 Å². The third-order valence-electron chi connectivity index (χ3n) is 5.99. The van der Waals surface area contributed by atoms with Gasteiger partial charge in [-0.3, -0.25) is 14.7 Å². The number of halogens is 3. The summed E-state index contributed by atoms with van der Waals surface area (Å²) in [5.41, 5.74) is 4.72. The fourth-order valence-corrected chi connectivity index (χ4v) is 6.28. The molecular formula is C24H22Cl2FN5O3S2. The van der Waals surface area contributed by atoms with E-state index in [-0.39, 0.29) is 16.6 Å². The van der Waals surface area contributed by atoms with Gasteiger partial charge in [-0.25, -0.2) is 17.8 Å². The second-order valence-electron chi connectivity index (χ2n) is 8.55. The maximum Gasteiger partial charge on any atom is 0.266 e. The van der Waals surface area contributed by atoms with Crippen molar-refractivity contribution in [2.75, 3.05) is 17.8 Å². The molecule has 0 unspecified atom stereocenters. The first-order valence-corrected chi connectivity index (χ1v) is 14.6. The van der Waals surface area contributed by atoms with Gasteiger partial charge in [-0.1, -0.05) is 23.2 Å². The first-order chi connectivity index (χ1) is 17.8. The van der Waals surface area contributed by atoms with Gasteiger partial charge in [0.25, 0.3) is 10.0 Å². The summed E-state index contributed by atoms with van der Waals surface area (Å²) in [4.78, 5) is 5.63. The van der Waals surface area contributed by atoms with E-state index in [2.05, 4.69) is 24.8 Å². The lowest BCUT2D eigenvalue weighted by Gasteiger charge is -2.26. The van der Waals surface area contributed by atoms with Crippen LogP contribution in [-0.2, 0) is 29.4 Å². The first kappa shape index (κ1) is 25.9. The van der Waals surface area contributed by atoms with E-state index in [9.17, 15) is 12.8 Å². The molecule has 0 atom stereocenters. The zero-order valence-corrected chi connectivity index (χ0v) is 22.5. The van der Waals surface area contributed by atoms with Gasteiger partial charge >= 0.3 is 0 Å². The van der Waals surface area contributed by atoms with Crippen molar-refractivity contribution >= 4 is 50.4 Å². The molecule has 0 aliphatic carbocycles. The van der Waals surface area contributed by atoms with E-state index < -0.39 is 20.7 Å². The Balaban J connectivity index is 1.29. The van der Waals surface area contributed by atoms with E-state index in [1.807, 2.05) is 12.3 Å². The molecule has 2 aromatic carbocycles. The number of aromatic nitrogens is 3. The highest BCUT2D eigenvalue weighted by molar-refractivity contribution is 7.92. The Bertz CT molecular complexity index is 1510. The summed E-state index contributed by atoms with van der Waals surface area (Å²) >= 11 is 13.8. The molecule has 5 rings (SSSR count). The van der Waals surface area contributed by atoms with Gasteiger partial charge in [-0.05, 0) is 49.2 Å². The molecule has 0 saturated carbocycles. The Labute approximate surface area is 227 Å². The normalized spacial score (nSPS) is 13.9. The fourth-order valence-electron chi connectivity index (χ4n) is 4.18. The van der Waals surface area contributed by atoms with Crippen LogP contribution in [-0.4, -0.2) is 41.6 Å². The zero-order valence-electron chi connectivity index (χ0n) is 19.4. The Morgan fingerprint density at radius 3 is 2.89 bits per heavy atom. The van der Waals surface area contributed by atoms with Crippen molar-refractivity contribution in [2.45, 2.75) is 30.7 Å². The molecule has 2 aromatic heterocycles. The number of nitrogens with one attached hydrogen (secondary N) is 2. The van der Waals surface area contributed by atoms with Crippen LogP contribution in [0.5, 0.6) is 11.5 Å². The molecule has 0 amide bonds. The summed E-state index contributed by atoms with van der Waals surface area (Å²) in [7, 11) is -4.23. The van der Waals surface area contributed by atoms with Crippen LogP contribution in [0.3, 0.4) is 0 Å². The minimum atomic E-state index is -4.23. The van der Waals surface area contributed by atoms with E-state index in [0.717, 1.165) is 50.2 Å². The lowest BCUT2D eigenvalue weighted by molar-refractivity contribution is 0.250. The van der Waals surface area contributed by atoms with E-state index in [0.29, 0.717) is 17.2 Å². The Morgan fingerprint density at radius 2 is 2.08 bits per heavy atom. The third-order valence-corrected chi connectivity index (χ3v) is 8.48. The van der Waals surface area contributed by atoms with Gasteiger partial charge in [-0.2, -0.15) is 5.10 Å². The van der Waals surface area contributed by atoms with Crippen LogP contribution >= 0.6 is 34.5 Å². The number of hydrogen-bond donors (Lipinski definition) is 2. The van der Waals surface area contributed by atoms with E-state index >= 15 is 0 Å². The Morgan fingerprint density at radius 1 is 1.22 bits per heavy atom. The maximum absolute atomic E-state index is 14.9. The molecule has 37 heavy (non-hydrogen) atoms. The molecule has 1 aliphatic heterocycles. The van der Waals surface area contributed by atoms with Gasteiger partial charge in [-0.15, -0.1) is 11.3 Å². The molecule has 0 fully saturated rings. The molecular weight excluding hydrogens is 560 g/mol. The van der Waals surface area contributed by atoms with Gasteiger partial charge in [0.15, 0.2) is 5.82 Å². The number of hydrogen-bond acceptors (Lipinski definition) is 7. The van der Waals surface area contributed by atoms with Gasteiger partial charge in [0.2, 0.25) is 0 Å². The number of nitrogens with zero attached hydrogens (tertiary/aromatic N) is 3. The molecule has 0 bridgehead atoms. The molecule has 8 nitrogen and oxygen atoms in total. The third kappa shape index (κ3) is 6.07. The van der Waals surface area contributed by atoms with Crippen molar-refractivity contribution in [1.29, 1.82) is 0 Å². The molecule has 0 radical (unpaired) electrons. The van der Waals surface area contributed by atoms with Crippen LogP contribution in [0.25, 0.3) is 0 Å². The molecule has 1 aliphatic rings. The Hall–Kier alpha value is -2.70. The average molecular weight is 583 g/mol. The SMILES string of the molecule is O=S(=O)(Nc1cscn1)c1cc(Cl)c(Oc2ccc(Cl)cc2CCCN2CCc3[nH]ncc3C2)cc1F. The van der Waals surface area contributed by atoms with Gasteiger partial charge < -0.3 is 4.74 Å². The second kappa shape index (κ2) is 11.0. The van der Waals surface area contributed by atoms with Crippen LogP contribution < -0.4 is 9.46 Å². The minimum absolute atomic E-state index is 0.00105. The van der Waals surface area contributed by atoms with E-state index in [1.54, 1.807) is 12.1 Å². The number of ether oxygens (including phenoxy) is 1. The summed E-state index contributed by atoms with van der Waals surface area (Å²) in [6, 6.07) is 7.16. The van der Waals surface area contributed by atoms with Gasteiger partial charge in [0, 0.05) is 47.2 Å². The van der Waals surface area contributed by atoms with Crippen molar-refractivity contribution in [3.63, 3.8) is 0 Å².